The second kappa shape index (κ2) is 10.1. The molecule has 0 unspecified atom stereocenters. The van der Waals surface area contributed by atoms with Crippen molar-refractivity contribution in [1.82, 2.24) is 0 Å². The molecule has 4 aromatic rings. The zero-order valence-electron chi connectivity index (χ0n) is 16.4. The van der Waals surface area contributed by atoms with E-state index < -0.39 is 0 Å². The van der Waals surface area contributed by atoms with Gasteiger partial charge in [-0.25, -0.2) is 0 Å². The first-order chi connectivity index (χ1) is 14.7. The highest BCUT2D eigenvalue weighted by Gasteiger charge is 2.14. The van der Waals surface area contributed by atoms with Gasteiger partial charge in [0.15, 0.2) is 0 Å². The van der Waals surface area contributed by atoms with Gasteiger partial charge in [0.2, 0.25) is 0 Å². The Balaban J connectivity index is 1.92. The van der Waals surface area contributed by atoms with E-state index in [-0.39, 0.29) is 0 Å². The Bertz CT molecular complexity index is 1050. The standard InChI is InChI=1S/C27H21Br3/c28-16-19-4-10-22(11-5-19)25-2-1-3-26(23-12-6-20(17-29)7-13-23)27(25)24-14-8-21(18-30)9-15-24/h1-15H,16-18H2. The molecule has 0 atom stereocenters. The maximum Gasteiger partial charge on any atom is 0.0283 e. The first-order valence-electron chi connectivity index (χ1n) is 9.82. The van der Waals surface area contributed by atoms with Crippen molar-refractivity contribution in [2.75, 3.05) is 0 Å². The predicted molar refractivity (Wildman–Crippen MR) is 141 cm³/mol. The van der Waals surface area contributed by atoms with Crippen LogP contribution >= 0.6 is 47.8 Å². The summed E-state index contributed by atoms with van der Waals surface area (Å²) in [6.07, 6.45) is 0. The summed E-state index contributed by atoms with van der Waals surface area (Å²) in [5.41, 5.74) is 11.3. The Hall–Kier alpha value is -1.68. The zero-order valence-corrected chi connectivity index (χ0v) is 21.2. The average Bonchev–Trinajstić information content (AvgIpc) is 2.84. The van der Waals surface area contributed by atoms with Crippen LogP contribution in [0.2, 0.25) is 0 Å². The maximum atomic E-state index is 3.56. The third-order valence-electron chi connectivity index (χ3n) is 5.30. The highest BCUT2D eigenvalue weighted by atomic mass is 79.9. The van der Waals surface area contributed by atoms with Crippen molar-refractivity contribution in [3.05, 3.63) is 108 Å². The largest absolute Gasteiger partial charge is 0.0876 e. The van der Waals surface area contributed by atoms with Crippen molar-refractivity contribution < 1.29 is 0 Å². The van der Waals surface area contributed by atoms with Crippen LogP contribution in [0, 0.1) is 0 Å². The molecule has 0 saturated carbocycles. The summed E-state index contributed by atoms with van der Waals surface area (Å²) < 4.78 is 0. The van der Waals surface area contributed by atoms with Crippen LogP contribution < -0.4 is 0 Å². The Labute approximate surface area is 203 Å². The lowest BCUT2D eigenvalue weighted by Crippen LogP contribution is -1.92. The van der Waals surface area contributed by atoms with Gasteiger partial charge < -0.3 is 0 Å². The second-order valence-corrected chi connectivity index (χ2v) is 8.90. The Morgan fingerprint density at radius 1 is 0.400 bits per heavy atom. The van der Waals surface area contributed by atoms with Crippen LogP contribution in [0.3, 0.4) is 0 Å². The lowest BCUT2D eigenvalue weighted by Gasteiger charge is -2.17. The maximum absolute atomic E-state index is 3.56. The van der Waals surface area contributed by atoms with Gasteiger partial charge in [-0.15, -0.1) is 0 Å². The van der Waals surface area contributed by atoms with Gasteiger partial charge in [0, 0.05) is 16.0 Å². The number of benzene rings is 4. The highest BCUT2D eigenvalue weighted by molar-refractivity contribution is 9.09. The third-order valence-corrected chi connectivity index (χ3v) is 7.24. The molecular formula is C27H21Br3. The fourth-order valence-electron chi connectivity index (χ4n) is 3.65. The SMILES string of the molecule is BrCc1ccc(-c2cccc(-c3ccc(CBr)cc3)c2-c2ccc(CBr)cc2)cc1. The minimum Gasteiger partial charge on any atom is -0.0876 e. The highest BCUT2D eigenvalue weighted by Crippen LogP contribution is 2.40. The minimum absolute atomic E-state index is 0.865. The number of hydrogen-bond donors (Lipinski definition) is 0. The molecule has 0 aromatic heterocycles. The van der Waals surface area contributed by atoms with E-state index in [0.29, 0.717) is 0 Å². The van der Waals surface area contributed by atoms with Crippen molar-refractivity contribution >= 4 is 47.8 Å². The Morgan fingerprint density at radius 3 is 1.07 bits per heavy atom. The molecule has 4 rings (SSSR count). The molecule has 0 aliphatic heterocycles. The fraction of sp³-hybridized carbons (Fsp3) is 0.111. The lowest BCUT2D eigenvalue weighted by atomic mass is 9.87. The van der Waals surface area contributed by atoms with E-state index in [1.54, 1.807) is 0 Å². The van der Waals surface area contributed by atoms with E-state index in [0.717, 1.165) is 16.0 Å². The molecule has 0 fully saturated rings. The lowest BCUT2D eigenvalue weighted by molar-refractivity contribution is 1.42. The Morgan fingerprint density at radius 2 is 0.733 bits per heavy atom. The van der Waals surface area contributed by atoms with Gasteiger partial charge in [-0.05, 0) is 50.1 Å². The predicted octanol–water partition coefficient (Wildman–Crippen LogP) is 9.37. The second-order valence-electron chi connectivity index (χ2n) is 7.22. The molecule has 0 saturated heterocycles. The van der Waals surface area contributed by atoms with Crippen LogP contribution in [0.25, 0.3) is 33.4 Å². The molecule has 4 aromatic carbocycles. The molecule has 30 heavy (non-hydrogen) atoms. The van der Waals surface area contributed by atoms with E-state index in [1.807, 2.05) is 0 Å². The van der Waals surface area contributed by atoms with E-state index in [9.17, 15) is 0 Å². The van der Waals surface area contributed by atoms with Crippen LogP contribution in [0.1, 0.15) is 16.7 Å². The average molecular weight is 585 g/mol. The molecule has 3 heteroatoms. The molecule has 0 N–H and O–H groups in total. The molecule has 0 heterocycles. The van der Waals surface area contributed by atoms with Crippen molar-refractivity contribution in [1.29, 1.82) is 0 Å². The summed E-state index contributed by atoms with van der Waals surface area (Å²) in [5, 5.41) is 2.60. The van der Waals surface area contributed by atoms with Gasteiger partial charge in [-0.1, -0.05) is 139 Å². The van der Waals surface area contributed by atoms with Crippen LogP contribution in [-0.4, -0.2) is 0 Å². The quantitative estimate of drug-likeness (QED) is 0.198. The minimum atomic E-state index is 0.865. The first kappa shape index (κ1) is 21.5. The summed E-state index contributed by atoms with van der Waals surface area (Å²) in [5.74, 6) is 0. The van der Waals surface area contributed by atoms with Gasteiger partial charge in [0.1, 0.15) is 0 Å². The molecular weight excluding hydrogens is 564 g/mol. The van der Waals surface area contributed by atoms with Gasteiger partial charge in [-0.3, -0.25) is 0 Å². The molecule has 0 aliphatic rings. The van der Waals surface area contributed by atoms with E-state index in [1.165, 1.54) is 50.1 Å². The van der Waals surface area contributed by atoms with Gasteiger partial charge in [0.25, 0.3) is 0 Å². The summed E-state index contributed by atoms with van der Waals surface area (Å²) in [4.78, 5) is 0. The number of hydrogen-bond acceptors (Lipinski definition) is 0. The van der Waals surface area contributed by atoms with Crippen molar-refractivity contribution in [3.63, 3.8) is 0 Å². The van der Waals surface area contributed by atoms with Crippen molar-refractivity contribution in [3.8, 4) is 33.4 Å². The normalized spacial score (nSPS) is 10.9. The van der Waals surface area contributed by atoms with Crippen LogP contribution in [0.5, 0.6) is 0 Å². The summed E-state index contributed by atoms with van der Waals surface area (Å²) >= 11 is 10.7. The van der Waals surface area contributed by atoms with Gasteiger partial charge in [0.05, 0.1) is 0 Å². The molecule has 0 bridgehead atoms. The summed E-state index contributed by atoms with van der Waals surface area (Å²) in [6.45, 7) is 0. The van der Waals surface area contributed by atoms with E-state index >= 15 is 0 Å². The van der Waals surface area contributed by atoms with Crippen molar-refractivity contribution in [2.45, 2.75) is 16.0 Å². The fourth-order valence-corrected chi connectivity index (χ4v) is 4.77. The third kappa shape index (κ3) is 4.64. The Kier molecular flexibility index (Phi) is 7.24. The van der Waals surface area contributed by atoms with Gasteiger partial charge in [-0.2, -0.15) is 0 Å². The number of rotatable bonds is 6. The molecule has 0 nitrogen and oxygen atoms in total. The topological polar surface area (TPSA) is 0 Å². The van der Waals surface area contributed by atoms with E-state index in [2.05, 4.69) is 139 Å². The summed E-state index contributed by atoms with van der Waals surface area (Å²) in [6, 6.07) is 33.2. The van der Waals surface area contributed by atoms with Crippen LogP contribution in [-0.2, 0) is 16.0 Å². The zero-order chi connectivity index (χ0) is 20.9. The molecule has 0 aliphatic carbocycles. The number of halogens is 3. The molecule has 150 valence electrons. The van der Waals surface area contributed by atoms with Crippen molar-refractivity contribution in [2.24, 2.45) is 0 Å². The van der Waals surface area contributed by atoms with Crippen LogP contribution in [0.4, 0.5) is 0 Å². The smallest absolute Gasteiger partial charge is 0.0283 e. The number of alkyl halides is 3. The molecule has 0 spiro atoms. The molecule has 0 radical (unpaired) electrons. The van der Waals surface area contributed by atoms with Gasteiger partial charge >= 0.3 is 0 Å². The molecule has 0 amide bonds. The monoisotopic (exact) mass is 582 g/mol. The first-order valence-corrected chi connectivity index (χ1v) is 13.2. The summed E-state index contributed by atoms with van der Waals surface area (Å²) in [7, 11) is 0. The van der Waals surface area contributed by atoms with Crippen LogP contribution in [0.15, 0.2) is 91.0 Å². The van der Waals surface area contributed by atoms with E-state index in [4.69, 9.17) is 0 Å².